The van der Waals surface area contributed by atoms with Crippen LogP contribution in [0.4, 0.5) is 30.7 Å². The summed E-state index contributed by atoms with van der Waals surface area (Å²) < 4.78 is 94.4. The maximum Gasteiger partial charge on any atom is 0.430 e. The molecule has 224 valence electrons. The molecule has 0 radical (unpaired) electrons. The molecule has 1 aromatic heterocycles. The van der Waals surface area contributed by atoms with Crippen LogP contribution in [0.15, 0.2) is 73.1 Å². The van der Waals surface area contributed by atoms with Crippen molar-refractivity contribution in [3.8, 4) is 0 Å². The van der Waals surface area contributed by atoms with Gasteiger partial charge in [-0.3, -0.25) is 9.78 Å². The number of hydrogen-bond donors (Lipinski definition) is 1. The van der Waals surface area contributed by atoms with E-state index in [2.05, 4.69) is 4.98 Å². The van der Waals surface area contributed by atoms with Gasteiger partial charge in [-0.25, -0.2) is 4.39 Å². The second kappa shape index (κ2) is 10.7. The van der Waals surface area contributed by atoms with Gasteiger partial charge in [-0.15, -0.1) is 0 Å². The summed E-state index contributed by atoms with van der Waals surface area (Å²) in [6.07, 6.45) is -6.42. The summed E-state index contributed by atoms with van der Waals surface area (Å²) in [4.78, 5) is 19.5. The molecular weight excluding hydrogens is 565 g/mol. The zero-order chi connectivity index (χ0) is 30.5. The Labute approximate surface area is 238 Å². The van der Waals surface area contributed by atoms with Crippen molar-refractivity contribution >= 4 is 5.91 Å². The average Bonchev–Trinajstić information content (AvgIpc) is 3.58. The van der Waals surface area contributed by atoms with Gasteiger partial charge in [0, 0.05) is 48.3 Å². The Morgan fingerprint density at radius 3 is 2.05 bits per heavy atom. The number of rotatable bonds is 5. The molecular formula is C31H29F7N2O2. The molecule has 1 N–H and O–H groups in total. The van der Waals surface area contributed by atoms with E-state index in [1.54, 1.807) is 29.4 Å². The molecule has 3 aromatic rings. The fourth-order valence-corrected chi connectivity index (χ4v) is 6.60. The number of carbonyl (C=O) groups excluding carboxylic acids is 1. The maximum absolute atomic E-state index is 13.8. The lowest BCUT2D eigenvalue weighted by Crippen LogP contribution is -2.53. The van der Waals surface area contributed by atoms with Crippen molar-refractivity contribution in [1.82, 2.24) is 9.88 Å². The number of aromatic nitrogens is 1. The van der Waals surface area contributed by atoms with Gasteiger partial charge in [0.1, 0.15) is 5.82 Å². The van der Waals surface area contributed by atoms with Crippen molar-refractivity contribution < 1.29 is 40.6 Å². The van der Waals surface area contributed by atoms with Gasteiger partial charge >= 0.3 is 12.4 Å². The molecule has 1 saturated heterocycles. The van der Waals surface area contributed by atoms with Crippen molar-refractivity contribution in [3.05, 3.63) is 101 Å². The molecule has 2 aliphatic rings. The van der Waals surface area contributed by atoms with E-state index in [0.717, 1.165) is 24.1 Å². The van der Waals surface area contributed by atoms with Crippen molar-refractivity contribution in [2.45, 2.75) is 61.4 Å². The largest absolute Gasteiger partial charge is 0.430 e. The summed E-state index contributed by atoms with van der Waals surface area (Å²) in [6.45, 7) is 2.25. The van der Waals surface area contributed by atoms with Crippen molar-refractivity contribution in [2.24, 2.45) is 5.92 Å². The molecule has 1 aliphatic heterocycles. The highest BCUT2D eigenvalue weighted by Crippen LogP contribution is 2.51. The summed E-state index contributed by atoms with van der Waals surface area (Å²) in [5.74, 6) is -1.10. The van der Waals surface area contributed by atoms with Gasteiger partial charge in [-0.05, 0) is 66.1 Å². The van der Waals surface area contributed by atoms with Crippen LogP contribution in [-0.4, -0.2) is 46.3 Å². The number of halogens is 7. The topological polar surface area (TPSA) is 53.4 Å². The molecule has 4 nitrogen and oxygen atoms in total. The number of amides is 1. The Bertz CT molecular complexity index is 1390. The van der Waals surface area contributed by atoms with Crippen LogP contribution in [0.3, 0.4) is 0 Å². The smallest absolute Gasteiger partial charge is 0.369 e. The maximum atomic E-state index is 13.8. The summed E-state index contributed by atoms with van der Waals surface area (Å²) in [6, 6.07) is 13.1. The van der Waals surface area contributed by atoms with E-state index in [-0.39, 0.29) is 30.8 Å². The average molecular weight is 595 g/mol. The van der Waals surface area contributed by atoms with E-state index in [1.807, 2.05) is 19.1 Å². The molecule has 1 aliphatic carbocycles. The predicted molar refractivity (Wildman–Crippen MR) is 140 cm³/mol. The first-order valence-electron chi connectivity index (χ1n) is 13.6. The third-order valence-electron chi connectivity index (χ3n) is 9.02. The monoisotopic (exact) mass is 594 g/mol. The van der Waals surface area contributed by atoms with Crippen LogP contribution in [0.1, 0.15) is 60.3 Å². The molecule has 5 rings (SSSR count). The molecule has 1 amide bonds. The second-order valence-corrected chi connectivity index (χ2v) is 11.5. The fourth-order valence-electron chi connectivity index (χ4n) is 6.60. The predicted octanol–water partition coefficient (Wildman–Crippen LogP) is 7.00. The highest BCUT2D eigenvalue weighted by atomic mass is 19.4. The molecule has 4 atom stereocenters. The minimum Gasteiger partial charge on any atom is -0.369 e. The van der Waals surface area contributed by atoms with Crippen LogP contribution in [-0.2, 0) is 15.8 Å². The molecule has 2 aromatic carbocycles. The Hall–Kier alpha value is -3.47. The van der Waals surface area contributed by atoms with Gasteiger partial charge in [0.25, 0.3) is 5.60 Å². The van der Waals surface area contributed by atoms with Crippen LogP contribution in [0.5, 0.6) is 0 Å². The second-order valence-electron chi connectivity index (χ2n) is 11.5. The number of pyridine rings is 1. The standard InChI is InChI=1S/C31H29F7N2O2/c1-28(23-8-10-25(32)11-9-23)18-40(27(41)22-3-2-21(16-22)19-12-14-39-15-13-19)17-26(28)20-4-6-24(7-5-20)29(42,30(33,34)35)31(36,37)38/h4-15,21-22,26,42H,2-3,16-18H2,1H3/t21?,22?,26-,28+/m0/s1. The van der Waals surface area contributed by atoms with Gasteiger partial charge in [0.05, 0.1) is 0 Å². The van der Waals surface area contributed by atoms with Crippen LogP contribution in [0.2, 0.25) is 0 Å². The lowest BCUT2D eigenvalue weighted by molar-refractivity contribution is -0.376. The summed E-state index contributed by atoms with van der Waals surface area (Å²) in [7, 11) is 0. The Balaban J connectivity index is 1.45. The van der Waals surface area contributed by atoms with Crippen LogP contribution < -0.4 is 0 Å². The van der Waals surface area contributed by atoms with Crippen LogP contribution in [0, 0.1) is 11.7 Å². The number of aliphatic hydroxyl groups is 1. The highest BCUT2D eigenvalue weighted by Gasteiger charge is 2.71. The Kier molecular flexibility index (Phi) is 7.62. The molecule has 1 saturated carbocycles. The molecule has 2 heterocycles. The van der Waals surface area contributed by atoms with Crippen LogP contribution >= 0.6 is 0 Å². The first kappa shape index (κ1) is 30.0. The van der Waals surface area contributed by atoms with E-state index in [0.29, 0.717) is 36.1 Å². The van der Waals surface area contributed by atoms with Crippen LogP contribution in [0.25, 0.3) is 0 Å². The van der Waals surface area contributed by atoms with Gasteiger partial charge in [0.15, 0.2) is 0 Å². The summed E-state index contributed by atoms with van der Waals surface area (Å²) in [5.41, 5.74) is -5.03. The number of hydrogen-bond acceptors (Lipinski definition) is 3. The van der Waals surface area contributed by atoms with E-state index >= 15 is 0 Å². The number of benzene rings is 2. The van der Waals surface area contributed by atoms with E-state index in [4.69, 9.17) is 0 Å². The number of likely N-dealkylation sites (tertiary alicyclic amines) is 1. The third-order valence-corrected chi connectivity index (χ3v) is 9.02. The lowest BCUT2D eigenvalue weighted by atomic mass is 9.71. The molecule has 2 fully saturated rings. The fraction of sp³-hybridized carbons (Fsp3) is 0.419. The zero-order valence-corrected chi connectivity index (χ0v) is 22.6. The van der Waals surface area contributed by atoms with Crippen molar-refractivity contribution in [3.63, 3.8) is 0 Å². The molecule has 2 unspecified atom stereocenters. The Morgan fingerprint density at radius 1 is 0.881 bits per heavy atom. The van der Waals surface area contributed by atoms with Gasteiger partial charge in [0.2, 0.25) is 5.91 Å². The summed E-state index contributed by atoms with van der Waals surface area (Å²) >= 11 is 0. The number of nitrogens with zero attached hydrogens (tertiary/aromatic N) is 2. The number of alkyl halides is 6. The quantitative estimate of drug-likeness (QED) is 0.324. The first-order chi connectivity index (χ1) is 19.6. The minimum atomic E-state index is -6.00. The van der Waals surface area contributed by atoms with Gasteiger partial charge in [-0.2, -0.15) is 26.3 Å². The van der Waals surface area contributed by atoms with Crippen molar-refractivity contribution in [2.75, 3.05) is 13.1 Å². The van der Waals surface area contributed by atoms with E-state index in [1.165, 1.54) is 12.1 Å². The molecule has 0 bridgehead atoms. The van der Waals surface area contributed by atoms with Gasteiger partial charge in [-0.1, -0.05) is 43.3 Å². The van der Waals surface area contributed by atoms with Gasteiger partial charge < -0.3 is 10.0 Å². The zero-order valence-electron chi connectivity index (χ0n) is 22.6. The SMILES string of the molecule is C[C@]1(c2ccc(F)cc2)CN(C(=O)C2CCC(c3ccncc3)C2)C[C@H]1c1ccc(C(O)(C(F)(F)F)C(F)(F)F)cc1. The van der Waals surface area contributed by atoms with E-state index < -0.39 is 40.7 Å². The number of carbonyl (C=O) groups is 1. The first-order valence-corrected chi connectivity index (χ1v) is 13.6. The normalized spacial score (nSPS) is 25.2. The lowest BCUT2D eigenvalue weighted by Gasteiger charge is -2.34. The molecule has 11 heteroatoms. The van der Waals surface area contributed by atoms with E-state index in [9.17, 15) is 40.6 Å². The molecule has 0 spiro atoms. The Morgan fingerprint density at radius 2 is 1.48 bits per heavy atom. The molecule has 42 heavy (non-hydrogen) atoms. The third kappa shape index (κ3) is 5.16. The summed E-state index contributed by atoms with van der Waals surface area (Å²) in [5, 5.41) is 9.82. The minimum absolute atomic E-state index is 0.0671. The van der Waals surface area contributed by atoms with Crippen molar-refractivity contribution in [1.29, 1.82) is 0 Å². The highest BCUT2D eigenvalue weighted by molar-refractivity contribution is 5.80.